The van der Waals surface area contributed by atoms with Crippen LogP contribution in [0.3, 0.4) is 0 Å². The molecule has 0 atom stereocenters. The second kappa shape index (κ2) is 8.17. The van der Waals surface area contributed by atoms with Crippen LogP contribution in [0.1, 0.15) is 12.8 Å². The second-order valence-electron chi connectivity index (χ2n) is 11.7. The minimum Gasteiger partial charge on any atom is -0.342 e. The Hall–Kier alpha value is -5.22. The van der Waals surface area contributed by atoms with Crippen LogP contribution in [0.2, 0.25) is 0 Å². The van der Waals surface area contributed by atoms with Gasteiger partial charge in [0, 0.05) is 23.9 Å². The molecule has 1 aliphatic rings. The van der Waals surface area contributed by atoms with Crippen molar-refractivity contribution in [1.29, 1.82) is 0 Å². The SMILES string of the molecule is c1cc2ccc3ccc(-c4cc5c(nc(N6CCCC6)n6c7ccccc7nc56)c5ccccc45)c4ccc(c1)c2c34. The standard InChI is InChI=1S/C38H26N4/c1-2-11-29-26(10-1)30(27-18-16-25-15-14-23-8-7-9-24-17-19-28(27)35(25)34(23)24)22-31-36(29)40-38(41-20-5-6-21-41)42-33-13-4-3-12-32(33)39-37(31)42/h1-4,7-19,22H,5-6,20-21H2. The number of imidazole rings is 1. The molecule has 10 rings (SSSR count). The largest absolute Gasteiger partial charge is 0.342 e. The van der Waals surface area contributed by atoms with E-state index in [0.717, 1.165) is 46.6 Å². The molecule has 0 aliphatic carbocycles. The lowest BCUT2D eigenvalue weighted by Crippen LogP contribution is -2.22. The molecule has 198 valence electrons. The van der Waals surface area contributed by atoms with E-state index in [1.807, 2.05) is 0 Å². The molecule has 1 saturated heterocycles. The summed E-state index contributed by atoms with van der Waals surface area (Å²) in [4.78, 5) is 13.1. The van der Waals surface area contributed by atoms with E-state index in [1.165, 1.54) is 67.1 Å². The number of aromatic nitrogens is 3. The lowest BCUT2D eigenvalue weighted by atomic mass is 9.88. The lowest BCUT2D eigenvalue weighted by Gasteiger charge is -2.21. The van der Waals surface area contributed by atoms with E-state index in [9.17, 15) is 0 Å². The van der Waals surface area contributed by atoms with Gasteiger partial charge in [-0.05, 0) is 79.9 Å². The fraction of sp³-hybridized carbons (Fsp3) is 0.105. The van der Waals surface area contributed by atoms with E-state index >= 15 is 0 Å². The van der Waals surface area contributed by atoms with E-state index < -0.39 is 0 Å². The maximum absolute atomic E-state index is 5.45. The van der Waals surface area contributed by atoms with Crippen molar-refractivity contribution in [2.45, 2.75) is 12.8 Å². The Balaban J connectivity index is 1.38. The van der Waals surface area contributed by atoms with Gasteiger partial charge >= 0.3 is 0 Å². The summed E-state index contributed by atoms with van der Waals surface area (Å²) >= 11 is 0. The van der Waals surface area contributed by atoms with Crippen LogP contribution in [0, 0.1) is 0 Å². The van der Waals surface area contributed by atoms with Crippen LogP contribution in [0.5, 0.6) is 0 Å². The molecule has 1 aliphatic heterocycles. The zero-order chi connectivity index (χ0) is 27.4. The molecule has 0 spiro atoms. The summed E-state index contributed by atoms with van der Waals surface area (Å²) in [6.07, 6.45) is 2.39. The van der Waals surface area contributed by atoms with Gasteiger partial charge in [-0.2, -0.15) is 0 Å². The Labute approximate surface area is 241 Å². The van der Waals surface area contributed by atoms with E-state index in [1.54, 1.807) is 0 Å². The highest BCUT2D eigenvalue weighted by Gasteiger charge is 2.23. The van der Waals surface area contributed by atoms with Crippen LogP contribution in [-0.2, 0) is 0 Å². The minimum absolute atomic E-state index is 0.979. The van der Waals surface area contributed by atoms with Crippen LogP contribution in [0.4, 0.5) is 5.95 Å². The highest BCUT2D eigenvalue weighted by atomic mass is 15.3. The molecule has 0 N–H and O–H groups in total. The molecule has 3 heterocycles. The fourth-order valence-electron chi connectivity index (χ4n) is 7.53. The number of hydrogen-bond donors (Lipinski definition) is 0. The van der Waals surface area contributed by atoms with Crippen LogP contribution >= 0.6 is 0 Å². The second-order valence-corrected chi connectivity index (χ2v) is 11.7. The number of fused-ring (bicyclic) bond motifs is 7. The van der Waals surface area contributed by atoms with Gasteiger partial charge in [0.15, 0.2) is 0 Å². The Morgan fingerprint density at radius 3 is 2.10 bits per heavy atom. The predicted molar refractivity (Wildman–Crippen MR) is 176 cm³/mol. The van der Waals surface area contributed by atoms with Crippen molar-refractivity contribution in [3.63, 3.8) is 0 Å². The Bertz CT molecular complexity index is 2520. The highest BCUT2D eigenvalue weighted by molar-refractivity contribution is 6.27. The maximum atomic E-state index is 5.45. The zero-order valence-electron chi connectivity index (χ0n) is 23.0. The summed E-state index contributed by atoms with van der Waals surface area (Å²) in [5.74, 6) is 1.00. The van der Waals surface area contributed by atoms with Crippen molar-refractivity contribution in [1.82, 2.24) is 14.4 Å². The van der Waals surface area contributed by atoms with Crippen LogP contribution < -0.4 is 4.90 Å². The van der Waals surface area contributed by atoms with Gasteiger partial charge in [0.25, 0.3) is 0 Å². The van der Waals surface area contributed by atoms with E-state index in [-0.39, 0.29) is 0 Å². The number of nitrogens with zero attached hydrogens (tertiary/aromatic N) is 4. The molecule has 7 aromatic carbocycles. The number of rotatable bonds is 2. The molecule has 0 radical (unpaired) electrons. The van der Waals surface area contributed by atoms with Gasteiger partial charge in [0.05, 0.1) is 16.6 Å². The van der Waals surface area contributed by atoms with E-state index in [0.29, 0.717) is 0 Å². The molecule has 4 nitrogen and oxygen atoms in total. The van der Waals surface area contributed by atoms with Gasteiger partial charge < -0.3 is 4.90 Å². The molecule has 1 fully saturated rings. The van der Waals surface area contributed by atoms with Crippen molar-refractivity contribution < 1.29 is 0 Å². The van der Waals surface area contributed by atoms with Crippen LogP contribution in [0.15, 0.2) is 109 Å². The minimum atomic E-state index is 0.979. The smallest absolute Gasteiger partial charge is 0.212 e. The summed E-state index contributed by atoms with van der Waals surface area (Å²) < 4.78 is 2.30. The first-order valence-corrected chi connectivity index (χ1v) is 14.9. The fourth-order valence-corrected chi connectivity index (χ4v) is 7.53. The maximum Gasteiger partial charge on any atom is 0.212 e. The van der Waals surface area contributed by atoms with Gasteiger partial charge in [0.1, 0.15) is 5.65 Å². The summed E-state index contributed by atoms with van der Waals surface area (Å²) in [5.41, 5.74) is 6.59. The highest BCUT2D eigenvalue weighted by Crippen LogP contribution is 2.43. The monoisotopic (exact) mass is 538 g/mol. The van der Waals surface area contributed by atoms with Gasteiger partial charge in [0.2, 0.25) is 5.95 Å². The summed E-state index contributed by atoms with van der Waals surface area (Å²) in [6.45, 7) is 2.05. The molecule has 2 aromatic heterocycles. The van der Waals surface area contributed by atoms with Gasteiger partial charge in [-0.3, -0.25) is 4.40 Å². The number of anilines is 1. The average molecular weight is 539 g/mol. The van der Waals surface area contributed by atoms with Crippen LogP contribution in [0.25, 0.3) is 81.8 Å². The quantitative estimate of drug-likeness (QED) is 0.206. The molecule has 4 heteroatoms. The molecule has 9 aromatic rings. The molecular weight excluding hydrogens is 512 g/mol. The third-order valence-corrected chi connectivity index (χ3v) is 9.44. The Morgan fingerprint density at radius 1 is 0.524 bits per heavy atom. The molecule has 0 saturated carbocycles. The van der Waals surface area contributed by atoms with Gasteiger partial charge in [-0.1, -0.05) is 91.0 Å². The summed E-state index contributed by atoms with van der Waals surface area (Å²) in [7, 11) is 0. The number of benzene rings is 7. The Kier molecular flexibility index (Phi) is 4.37. The lowest BCUT2D eigenvalue weighted by molar-refractivity contribution is 0.894. The normalized spacial score (nSPS) is 14.2. The third-order valence-electron chi connectivity index (χ3n) is 9.44. The van der Waals surface area contributed by atoms with E-state index in [4.69, 9.17) is 9.97 Å². The first-order valence-electron chi connectivity index (χ1n) is 14.9. The van der Waals surface area contributed by atoms with Crippen molar-refractivity contribution in [2.75, 3.05) is 18.0 Å². The molecule has 0 unspecified atom stereocenters. The first-order chi connectivity index (χ1) is 20.8. The summed E-state index contributed by atoms with van der Waals surface area (Å²) in [5, 5.41) is 11.3. The first kappa shape index (κ1) is 22.5. The molecule has 0 bridgehead atoms. The van der Waals surface area contributed by atoms with Gasteiger partial charge in [-0.25, -0.2) is 9.97 Å². The van der Waals surface area contributed by atoms with Crippen LogP contribution in [-0.4, -0.2) is 27.5 Å². The van der Waals surface area contributed by atoms with Crippen molar-refractivity contribution in [3.05, 3.63) is 109 Å². The molecule has 42 heavy (non-hydrogen) atoms. The van der Waals surface area contributed by atoms with Gasteiger partial charge in [-0.15, -0.1) is 0 Å². The Morgan fingerprint density at radius 2 is 1.24 bits per heavy atom. The number of hydrogen-bond acceptors (Lipinski definition) is 3. The topological polar surface area (TPSA) is 33.4 Å². The average Bonchev–Trinajstić information content (AvgIpc) is 3.72. The van der Waals surface area contributed by atoms with Crippen molar-refractivity contribution >= 4 is 76.6 Å². The molecule has 0 amide bonds. The number of para-hydroxylation sites is 2. The van der Waals surface area contributed by atoms with Crippen molar-refractivity contribution in [2.24, 2.45) is 0 Å². The zero-order valence-corrected chi connectivity index (χ0v) is 23.0. The summed E-state index contributed by atoms with van der Waals surface area (Å²) in [6, 6.07) is 39.9. The van der Waals surface area contributed by atoms with E-state index in [2.05, 4.69) is 118 Å². The van der Waals surface area contributed by atoms with Crippen molar-refractivity contribution in [3.8, 4) is 11.1 Å². The third kappa shape index (κ3) is 2.91. The molecular formula is C38H26N4. The predicted octanol–water partition coefficient (Wildman–Crippen LogP) is 9.35.